The number of hydrogen-bond acceptors (Lipinski definition) is 8. The van der Waals surface area contributed by atoms with E-state index in [0.29, 0.717) is 32.3 Å². The van der Waals surface area contributed by atoms with Crippen LogP contribution < -0.4 is 15.5 Å². The van der Waals surface area contributed by atoms with Crippen LogP contribution in [-0.2, 0) is 16.0 Å². The molecule has 0 atom stereocenters. The summed E-state index contributed by atoms with van der Waals surface area (Å²) in [7, 11) is 4.03. The fourth-order valence-electron chi connectivity index (χ4n) is 4.25. The SMILES string of the molecule is CCc1cc(N2CCN(C)CC2)ccc1Nc1ncc(Br)c(NCCCN(C)C(=O)C2COC2)n1. The van der Waals surface area contributed by atoms with Gasteiger partial charge in [-0.25, -0.2) is 4.98 Å². The molecule has 0 spiro atoms. The zero-order valence-corrected chi connectivity index (χ0v) is 22.5. The van der Waals surface area contributed by atoms with E-state index >= 15 is 0 Å². The van der Waals surface area contributed by atoms with Gasteiger partial charge in [0.15, 0.2) is 0 Å². The van der Waals surface area contributed by atoms with Crippen LogP contribution in [0.1, 0.15) is 18.9 Å². The summed E-state index contributed by atoms with van der Waals surface area (Å²) in [5.41, 5.74) is 3.54. The van der Waals surface area contributed by atoms with Crippen LogP contribution in [0.2, 0.25) is 0 Å². The van der Waals surface area contributed by atoms with E-state index in [9.17, 15) is 4.79 Å². The van der Waals surface area contributed by atoms with E-state index in [2.05, 4.69) is 78.5 Å². The van der Waals surface area contributed by atoms with Gasteiger partial charge in [0, 0.05) is 63.9 Å². The maximum atomic E-state index is 12.2. The molecule has 0 aliphatic carbocycles. The first kappa shape index (κ1) is 25.7. The van der Waals surface area contributed by atoms with Gasteiger partial charge in [-0.05, 0) is 59.6 Å². The molecule has 0 radical (unpaired) electrons. The van der Waals surface area contributed by atoms with Gasteiger partial charge in [-0.3, -0.25) is 4.79 Å². The minimum absolute atomic E-state index is 0.0289. The number of halogens is 1. The molecule has 35 heavy (non-hydrogen) atoms. The summed E-state index contributed by atoms with van der Waals surface area (Å²) in [5, 5.41) is 6.77. The molecule has 2 saturated heterocycles. The smallest absolute Gasteiger partial charge is 0.230 e. The minimum atomic E-state index is 0.0289. The molecule has 1 aromatic carbocycles. The van der Waals surface area contributed by atoms with Crippen molar-refractivity contribution in [2.24, 2.45) is 5.92 Å². The van der Waals surface area contributed by atoms with E-state index in [1.54, 1.807) is 11.1 Å². The third kappa shape index (κ3) is 6.62. The lowest BCUT2D eigenvalue weighted by Crippen LogP contribution is -2.44. The maximum absolute atomic E-state index is 12.2. The molecule has 1 amide bonds. The Morgan fingerprint density at radius 1 is 1.26 bits per heavy atom. The van der Waals surface area contributed by atoms with Gasteiger partial charge in [-0.1, -0.05) is 6.92 Å². The normalized spacial score (nSPS) is 16.6. The number of benzene rings is 1. The zero-order chi connectivity index (χ0) is 24.8. The number of amides is 1. The minimum Gasteiger partial charge on any atom is -0.380 e. The van der Waals surface area contributed by atoms with Gasteiger partial charge in [0.2, 0.25) is 11.9 Å². The molecular weight excluding hydrogens is 510 g/mol. The molecule has 2 N–H and O–H groups in total. The van der Waals surface area contributed by atoms with Gasteiger partial charge in [0.25, 0.3) is 0 Å². The molecule has 9 nitrogen and oxygen atoms in total. The number of likely N-dealkylation sites (N-methyl/N-ethyl adjacent to an activating group) is 1. The third-order valence-electron chi connectivity index (χ3n) is 6.66. The fraction of sp³-hybridized carbons (Fsp3) is 0.560. The summed E-state index contributed by atoms with van der Waals surface area (Å²) >= 11 is 3.54. The molecule has 2 aromatic rings. The van der Waals surface area contributed by atoms with Gasteiger partial charge in [-0.2, -0.15) is 4.98 Å². The van der Waals surface area contributed by atoms with Crippen LogP contribution in [0.15, 0.2) is 28.9 Å². The number of ether oxygens (including phenoxy) is 1. The molecule has 4 rings (SSSR count). The average Bonchev–Trinajstić information content (AvgIpc) is 2.83. The number of hydrogen-bond donors (Lipinski definition) is 2. The van der Waals surface area contributed by atoms with E-state index in [-0.39, 0.29) is 11.8 Å². The summed E-state index contributed by atoms with van der Waals surface area (Å²) in [6.45, 7) is 8.93. The monoisotopic (exact) mass is 545 g/mol. The molecule has 0 unspecified atom stereocenters. The highest BCUT2D eigenvalue weighted by atomic mass is 79.9. The predicted octanol–water partition coefficient (Wildman–Crippen LogP) is 3.20. The number of aryl methyl sites for hydroxylation is 1. The van der Waals surface area contributed by atoms with Gasteiger partial charge < -0.3 is 30.1 Å². The number of carbonyl (C=O) groups is 1. The van der Waals surface area contributed by atoms with Gasteiger partial charge in [0.1, 0.15) is 5.82 Å². The first-order chi connectivity index (χ1) is 16.9. The number of aromatic nitrogens is 2. The van der Waals surface area contributed by atoms with E-state index in [1.807, 2.05) is 7.05 Å². The van der Waals surface area contributed by atoms with Crippen molar-refractivity contribution in [2.45, 2.75) is 19.8 Å². The Hall–Kier alpha value is -2.43. The highest BCUT2D eigenvalue weighted by Crippen LogP contribution is 2.28. The Bertz CT molecular complexity index is 1010. The molecule has 0 bridgehead atoms. The summed E-state index contributed by atoms with van der Waals surface area (Å²) in [5.74, 6) is 1.48. The Balaban J connectivity index is 1.33. The van der Waals surface area contributed by atoms with E-state index in [4.69, 9.17) is 4.74 Å². The molecule has 10 heteroatoms. The maximum Gasteiger partial charge on any atom is 0.230 e. The second kappa shape index (κ2) is 12.0. The highest BCUT2D eigenvalue weighted by molar-refractivity contribution is 9.10. The van der Waals surface area contributed by atoms with Crippen molar-refractivity contribution in [1.29, 1.82) is 0 Å². The fourth-order valence-corrected chi connectivity index (χ4v) is 4.58. The van der Waals surface area contributed by atoms with Crippen molar-refractivity contribution in [3.63, 3.8) is 0 Å². The largest absolute Gasteiger partial charge is 0.380 e. The Morgan fingerprint density at radius 3 is 2.71 bits per heavy atom. The van der Waals surface area contributed by atoms with Crippen molar-refractivity contribution in [2.75, 3.05) is 82.1 Å². The van der Waals surface area contributed by atoms with Crippen molar-refractivity contribution >= 4 is 45.0 Å². The molecule has 2 aliphatic heterocycles. The first-order valence-corrected chi connectivity index (χ1v) is 13.2. The third-order valence-corrected chi connectivity index (χ3v) is 7.24. The summed E-state index contributed by atoms with van der Waals surface area (Å²) in [6.07, 6.45) is 3.50. The number of nitrogens with zero attached hydrogens (tertiary/aromatic N) is 5. The lowest BCUT2D eigenvalue weighted by molar-refractivity contribution is -0.148. The topological polar surface area (TPSA) is 85.9 Å². The lowest BCUT2D eigenvalue weighted by atomic mass is 10.1. The van der Waals surface area contributed by atoms with Crippen LogP contribution in [0.5, 0.6) is 0 Å². The van der Waals surface area contributed by atoms with Gasteiger partial charge in [0.05, 0.1) is 23.6 Å². The number of rotatable bonds is 10. The molecule has 1 aromatic heterocycles. The first-order valence-electron chi connectivity index (χ1n) is 12.4. The second-order valence-corrected chi connectivity index (χ2v) is 10.1. The van der Waals surface area contributed by atoms with Gasteiger partial charge in [-0.15, -0.1) is 0 Å². The molecule has 0 saturated carbocycles. The van der Waals surface area contributed by atoms with Crippen LogP contribution in [0, 0.1) is 5.92 Å². The standard InChI is InChI=1S/C25H36BrN7O2/c1-4-18-14-20(33-12-10-31(2)11-13-33)6-7-22(18)29-25-28-15-21(26)23(30-25)27-8-5-9-32(3)24(34)19-16-35-17-19/h6-7,14-15,19H,4-5,8-13,16-17H2,1-3H3,(H2,27,28,29,30). The van der Waals surface area contributed by atoms with Crippen LogP contribution in [0.3, 0.4) is 0 Å². The van der Waals surface area contributed by atoms with E-state index < -0.39 is 0 Å². The van der Waals surface area contributed by atoms with Gasteiger partial charge >= 0.3 is 0 Å². The van der Waals surface area contributed by atoms with Crippen molar-refractivity contribution in [3.05, 3.63) is 34.4 Å². The summed E-state index contributed by atoms with van der Waals surface area (Å²) < 4.78 is 5.93. The second-order valence-electron chi connectivity index (χ2n) is 9.27. The van der Waals surface area contributed by atoms with Crippen LogP contribution in [-0.4, -0.2) is 92.3 Å². The quantitative estimate of drug-likeness (QED) is 0.440. The van der Waals surface area contributed by atoms with E-state index in [1.165, 1.54) is 11.3 Å². The number of piperazine rings is 1. The van der Waals surface area contributed by atoms with Crippen molar-refractivity contribution in [1.82, 2.24) is 19.8 Å². The molecular formula is C25H36BrN7O2. The Kier molecular flexibility index (Phi) is 8.80. The lowest BCUT2D eigenvalue weighted by Gasteiger charge is -2.34. The Labute approximate surface area is 216 Å². The van der Waals surface area contributed by atoms with Crippen LogP contribution >= 0.6 is 15.9 Å². The average molecular weight is 547 g/mol. The number of carbonyl (C=O) groups excluding carboxylic acids is 1. The summed E-state index contributed by atoms with van der Waals surface area (Å²) in [4.78, 5) is 28.0. The highest BCUT2D eigenvalue weighted by Gasteiger charge is 2.28. The molecule has 3 heterocycles. The summed E-state index contributed by atoms with van der Waals surface area (Å²) in [6, 6.07) is 6.59. The Morgan fingerprint density at radius 2 is 2.03 bits per heavy atom. The van der Waals surface area contributed by atoms with Crippen LogP contribution in [0.4, 0.5) is 23.1 Å². The van der Waals surface area contributed by atoms with Crippen LogP contribution in [0.25, 0.3) is 0 Å². The molecule has 2 aliphatic rings. The van der Waals surface area contributed by atoms with Crippen molar-refractivity contribution < 1.29 is 9.53 Å². The van der Waals surface area contributed by atoms with Crippen molar-refractivity contribution in [3.8, 4) is 0 Å². The predicted molar refractivity (Wildman–Crippen MR) is 144 cm³/mol. The molecule has 190 valence electrons. The zero-order valence-electron chi connectivity index (χ0n) is 20.9. The number of anilines is 4. The van der Waals surface area contributed by atoms with E-state index in [0.717, 1.165) is 55.0 Å². The number of nitrogens with one attached hydrogen (secondary N) is 2. The molecule has 2 fully saturated rings.